The van der Waals surface area contributed by atoms with Crippen LogP contribution in [-0.4, -0.2) is 33.0 Å². The highest BCUT2D eigenvalue weighted by molar-refractivity contribution is 6.30. The molecule has 8 nitrogen and oxygen atoms in total. The molecule has 0 aromatic heterocycles. The maximum absolute atomic E-state index is 11.7. The number of hydrogen-bond acceptors (Lipinski definition) is 6. The lowest BCUT2D eigenvalue weighted by atomic mass is 9.84. The third-order valence-electron chi connectivity index (χ3n) is 5.57. The molecule has 30 heavy (non-hydrogen) atoms. The second kappa shape index (κ2) is 7.37. The molecule has 9 heteroatoms. The van der Waals surface area contributed by atoms with Crippen LogP contribution in [0.3, 0.4) is 0 Å². The van der Waals surface area contributed by atoms with E-state index >= 15 is 0 Å². The molecule has 0 radical (unpaired) electrons. The molecule has 1 aliphatic heterocycles. The summed E-state index contributed by atoms with van der Waals surface area (Å²) in [6.45, 7) is 0. The smallest absolute Gasteiger partial charge is 0.453 e. The Morgan fingerprint density at radius 3 is 2.37 bits per heavy atom. The van der Waals surface area contributed by atoms with Crippen molar-refractivity contribution in [2.45, 2.75) is 44.0 Å². The average molecular weight is 434 g/mol. The van der Waals surface area contributed by atoms with Gasteiger partial charge in [-0.05, 0) is 54.5 Å². The Kier molecular flexibility index (Phi) is 4.99. The zero-order chi connectivity index (χ0) is 21.6. The molecule has 2 aromatic carbocycles. The van der Waals surface area contributed by atoms with E-state index in [4.69, 9.17) is 26.8 Å². The lowest BCUT2D eigenvalue weighted by Crippen LogP contribution is -2.54. The normalized spacial score (nSPS) is 17.3. The van der Waals surface area contributed by atoms with Gasteiger partial charge in [0.15, 0.2) is 11.5 Å². The van der Waals surface area contributed by atoms with E-state index < -0.39 is 23.8 Å². The number of aliphatic hydroxyl groups excluding tert-OH is 1. The Hall–Kier alpha value is -2.97. The number of carbonyl (C=O) groups is 2. The van der Waals surface area contributed by atoms with Gasteiger partial charge >= 0.3 is 17.7 Å². The molecule has 0 spiro atoms. The van der Waals surface area contributed by atoms with E-state index in [9.17, 15) is 24.9 Å². The second-order valence-corrected chi connectivity index (χ2v) is 7.86. The van der Waals surface area contributed by atoms with E-state index in [2.05, 4.69) is 0 Å². The van der Waals surface area contributed by atoms with Crippen molar-refractivity contribution in [3.63, 3.8) is 0 Å². The number of aliphatic carboxylic acids is 2. The number of halogens is 1. The highest BCUT2D eigenvalue weighted by Gasteiger charge is 2.59. The van der Waals surface area contributed by atoms with Crippen molar-refractivity contribution in [3.8, 4) is 11.5 Å². The molecule has 0 saturated carbocycles. The quantitative estimate of drug-likeness (QED) is 0.417. The van der Waals surface area contributed by atoms with Gasteiger partial charge in [0.25, 0.3) is 0 Å². The zero-order valence-corrected chi connectivity index (χ0v) is 16.6. The third-order valence-corrected chi connectivity index (χ3v) is 5.80. The van der Waals surface area contributed by atoms with Crippen LogP contribution in [0.5, 0.6) is 11.5 Å². The van der Waals surface area contributed by atoms with Crippen LogP contribution < -0.4 is 15.2 Å². The highest BCUT2D eigenvalue weighted by atomic mass is 35.5. The summed E-state index contributed by atoms with van der Waals surface area (Å²) in [7, 11) is 0. The summed E-state index contributed by atoms with van der Waals surface area (Å²) in [5, 5.41) is 30.3. The van der Waals surface area contributed by atoms with Crippen LogP contribution >= 0.6 is 11.6 Å². The van der Waals surface area contributed by atoms with Gasteiger partial charge in [-0.2, -0.15) is 0 Å². The lowest BCUT2D eigenvalue weighted by molar-refractivity contribution is -0.194. The molecule has 5 N–H and O–H groups in total. The molecule has 0 amide bonds. The van der Waals surface area contributed by atoms with Crippen molar-refractivity contribution in [1.82, 2.24) is 0 Å². The fourth-order valence-electron chi connectivity index (χ4n) is 4.09. The van der Waals surface area contributed by atoms with Gasteiger partial charge in [-0.25, -0.2) is 9.59 Å². The van der Waals surface area contributed by atoms with Gasteiger partial charge in [0.2, 0.25) is 0 Å². The third kappa shape index (κ3) is 3.12. The van der Waals surface area contributed by atoms with Crippen LogP contribution in [0.25, 0.3) is 0 Å². The summed E-state index contributed by atoms with van der Waals surface area (Å²) in [6, 6.07) is 6.75. The fraction of sp³-hybridized carbons (Fsp3) is 0.333. The van der Waals surface area contributed by atoms with E-state index in [-0.39, 0.29) is 23.6 Å². The highest BCUT2D eigenvalue weighted by Crippen LogP contribution is 2.52. The first-order valence-electron chi connectivity index (χ1n) is 9.49. The van der Waals surface area contributed by atoms with Gasteiger partial charge < -0.3 is 30.5 Å². The summed E-state index contributed by atoms with van der Waals surface area (Å²) in [6.07, 6.45) is 2.15. The van der Waals surface area contributed by atoms with Crippen molar-refractivity contribution in [2.75, 3.05) is 5.73 Å². The van der Waals surface area contributed by atoms with Crippen LogP contribution in [0.1, 0.15) is 41.2 Å². The van der Waals surface area contributed by atoms with Gasteiger partial charge in [0.1, 0.15) is 0 Å². The number of carboxylic acids is 2. The van der Waals surface area contributed by atoms with Gasteiger partial charge in [-0.15, -0.1) is 0 Å². The number of nitrogens with two attached hydrogens (primary N) is 1. The number of benzene rings is 2. The number of ether oxygens (including phenoxy) is 2. The lowest BCUT2D eigenvalue weighted by Gasteiger charge is -2.24. The SMILES string of the molecule is Nc1c2c(c(CC(O)c3cccc(Cl)c3)c3c1OC(C(=O)O)(C(=O)O)O3)CCCC2. The molecule has 0 saturated heterocycles. The molecule has 0 bridgehead atoms. The average Bonchev–Trinajstić information content (AvgIpc) is 3.14. The molecule has 1 unspecified atom stereocenters. The molecule has 2 aliphatic rings. The molecule has 1 heterocycles. The first-order valence-corrected chi connectivity index (χ1v) is 9.86. The standard InChI is InChI=1S/C21H20ClNO7/c22-11-5-3-4-10(8-11)15(24)9-14-12-6-1-2-7-13(12)16(23)18-17(14)29-21(30-18,19(25)26)20(27)28/h3-5,8,15,24H,1-2,6-7,9,23H2,(H,25,26)(H,27,28). The number of fused-ring (bicyclic) bond motifs is 2. The summed E-state index contributed by atoms with van der Waals surface area (Å²) < 4.78 is 10.7. The maximum Gasteiger partial charge on any atom is 0.453 e. The molecule has 2 aromatic rings. The monoisotopic (exact) mass is 433 g/mol. The van der Waals surface area contributed by atoms with Gasteiger partial charge in [-0.3, -0.25) is 0 Å². The first-order chi connectivity index (χ1) is 14.2. The summed E-state index contributed by atoms with van der Waals surface area (Å²) >= 11 is 6.03. The predicted molar refractivity (Wildman–Crippen MR) is 107 cm³/mol. The fourth-order valence-corrected chi connectivity index (χ4v) is 4.29. The van der Waals surface area contributed by atoms with E-state index in [1.54, 1.807) is 24.3 Å². The largest absolute Gasteiger partial charge is 0.475 e. The topological polar surface area (TPSA) is 139 Å². The minimum Gasteiger partial charge on any atom is -0.475 e. The van der Waals surface area contributed by atoms with Crippen molar-refractivity contribution in [1.29, 1.82) is 0 Å². The van der Waals surface area contributed by atoms with E-state index in [1.165, 1.54) is 0 Å². The number of hydrogen-bond donors (Lipinski definition) is 4. The number of carboxylic acid groups (broad SMARTS) is 2. The Bertz CT molecular complexity index is 1040. The minimum absolute atomic E-state index is 0.0426. The second-order valence-electron chi connectivity index (χ2n) is 7.42. The van der Waals surface area contributed by atoms with Gasteiger partial charge in [0.05, 0.1) is 11.8 Å². The Morgan fingerprint density at radius 1 is 1.10 bits per heavy atom. The summed E-state index contributed by atoms with van der Waals surface area (Å²) in [5.41, 5.74) is 9.12. The Balaban J connectivity index is 1.84. The number of nitrogen functional groups attached to an aromatic ring is 1. The first kappa shape index (κ1) is 20.3. The van der Waals surface area contributed by atoms with Gasteiger partial charge in [0, 0.05) is 17.0 Å². The van der Waals surface area contributed by atoms with E-state index in [0.717, 1.165) is 24.0 Å². The van der Waals surface area contributed by atoms with Crippen LogP contribution in [0.2, 0.25) is 5.02 Å². The van der Waals surface area contributed by atoms with Crippen molar-refractivity contribution < 1.29 is 34.4 Å². The number of rotatable bonds is 5. The number of anilines is 1. The van der Waals surface area contributed by atoms with E-state index in [0.29, 0.717) is 29.0 Å². The van der Waals surface area contributed by atoms with Crippen LogP contribution in [-0.2, 0) is 28.9 Å². The molecule has 4 rings (SSSR count). The molecular weight excluding hydrogens is 414 g/mol. The van der Waals surface area contributed by atoms with Gasteiger partial charge in [-0.1, -0.05) is 23.7 Å². The Morgan fingerprint density at radius 2 is 1.73 bits per heavy atom. The van der Waals surface area contributed by atoms with Crippen molar-refractivity contribution in [3.05, 3.63) is 51.5 Å². The van der Waals surface area contributed by atoms with Crippen LogP contribution in [0.4, 0.5) is 5.69 Å². The minimum atomic E-state index is -2.92. The van der Waals surface area contributed by atoms with E-state index in [1.807, 2.05) is 0 Å². The molecule has 1 atom stereocenters. The Labute approximate surface area is 176 Å². The summed E-state index contributed by atoms with van der Waals surface area (Å²) in [5.74, 6) is -6.67. The molecule has 1 aliphatic carbocycles. The summed E-state index contributed by atoms with van der Waals surface area (Å²) in [4.78, 5) is 23.4. The van der Waals surface area contributed by atoms with Crippen molar-refractivity contribution in [2.24, 2.45) is 0 Å². The zero-order valence-electron chi connectivity index (χ0n) is 15.9. The molecule has 158 valence electrons. The number of aliphatic hydroxyl groups is 1. The van der Waals surface area contributed by atoms with Crippen LogP contribution in [0, 0.1) is 0 Å². The van der Waals surface area contributed by atoms with Crippen LogP contribution in [0.15, 0.2) is 24.3 Å². The molecular formula is C21H20ClNO7. The van der Waals surface area contributed by atoms with Crippen molar-refractivity contribution >= 4 is 29.2 Å². The molecule has 0 fully saturated rings. The maximum atomic E-state index is 11.7. The predicted octanol–water partition coefficient (Wildman–Crippen LogP) is 2.71.